The Kier molecular flexibility index (Phi) is 4.96. The SMILES string of the molecule is N#Cc1cc([N+](=O)[O-])ccc1Nc1cc(NCCO)c([N+](=O)[O-])c2nonc12. The molecular weight excluding hydrogens is 374 g/mol. The Labute approximate surface area is 155 Å². The van der Waals surface area contributed by atoms with Crippen LogP contribution in [0, 0.1) is 31.6 Å². The Hall–Kier alpha value is -4.31. The third kappa shape index (κ3) is 3.34. The second-order valence-electron chi connectivity index (χ2n) is 5.41. The summed E-state index contributed by atoms with van der Waals surface area (Å²) in [5, 5.41) is 53.4. The van der Waals surface area contributed by atoms with Crippen molar-refractivity contribution in [1.29, 1.82) is 5.26 Å². The fourth-order valence-electron chi connectivity index (χ4n) is 2.53. The number of nitriles is 1. The molecule has 13 heteroatoms. The second kappa shape index (κ2) is 7.51. The standard InChI is InChI=1S/C15H11N7O6/c16-7-8-5-9(21(24)25)1-2-10(8)18-11-6-12(17-3-4-23)15(22(26)27)14-13(11)19-28-20-14/h1-2,5-6,17-18,23H,3-4H2. The highest BCUT2D eigenvalue weighted by atomic mass is 16.6. The van der Waals surface area contributed by atoms with Crippen molar-refractivity contribution >= 4 is 39.5 Å². The van der Waals surface area contributed by atoms with Crippen LogP contribution in [0.2, 0.25) is 0 Å². The summed E-state index contributed by atoms with van der Waals surface area (Å²) in [6.45, 7) is -0.228. The molecule has 0 amide bonds. The van der Waals surface area contributed by atoms with E-state index < -0.39 is 9.85 Å². The first-order valence-electron chi connectivity index (χ1n) is 7.70. The van der Waals surface area contributed by atoms with E-state index >= 15 is 0 Å². The number of rotatable bonds is 7. The van der Waals surface area contributed by atoms with Crippen molar-refractivity contribution in [2.24, 2.45) is 0 Å². The molecule has 3 rings (SSSR count). The van der Waals surface area contributed by atoms with Gasteiger partial charge in [-0.1, -0.05) is 0 Å². The van der Waals surface area contributed by atoms with Crippen molar-refractivity contribution < 1.29 is 19.6 Å². The number of anilines is 3. The van der Waals surface area contributed by atoms with Gasteiger partial charge in [-0.05, 0) is 22.4 Å². The normalized spacial score (nSPS) is 10.4. The van der Waals surface area contributed by atoms with Crippen LogP contribution in [0.5, 0.6) is 0 Å². The molecule has 0 aliphatic heterocycles. The lowest BCUT2D eigenvalue weighted by Gasteiger charge is -2.11. The minimum atomic E-state index is -0.664. The van der Waals surface area contributed by atoms with Crippen LogP contribution in [0.15, 0.2) is 28.9 Å². The summed E-state index contributed by atoms with van der Waals surface area (Å²) in [5.74, 6) is 0. The number of non-ortho nitro benzene ring substituents is 1. The first-order valence-corrected chi connectivity index (χ1v) is 7.70. The van der Waals surface area contributed by atoms with Gasteiger partial charge < -0.3 is 15.7 Å². The first-order chi connectivity index (χ1) is 13.5. The third-order valence-electron chi connectivity index (χ3n) is 3.73. The zero-order chi connectivity index (χ0) is 20.3. The molecule has 3 N–H and O–H groups in total. The van der Waals surface area contributed by atoms with Gasteiger partial charge in [-0.25, -0.2) is 4.63 Å². The Morgan fingerprint density at radius 3 is 2.50 bits per heavy atom. The highest BCUT2D eigenvalue weighted by Crippen LogP contribution is 2.38. The Balaban J connectivity index is 2.13. The Morgan fingerprint density at radius 1 is 1.11 bits per heavy atom. The van der Waals surface area contributed by atoms with Crippen LogP contribution in [0.4, 0.5) is 28.4 Å². The number of fused-ring (bicyclic) bond motifs is 1. The summed E-state index contributed by atoms with van der Waals surface area (Å²) >= 11 is 0. The largest absolute Gasteiger partial charge is 0.395 e. The van der Waals surface area contributed by atoms with Gasteiger partial charge >= 0.3 is 5.69 Å². The smallest absolute Gasteiger partial charge is 0.323 e. The van der Waals surface area contributed by atoms with E-state index in [1.807, 2.05) is 6.07 Å². The molecular formula is C15H11N7O6. The molecule has 1 heterocycles. The summed E-state index contributed by atoms with van der Waals surface area (Å²) in [6.07, 6.45) is 0. The molecule has 2 aromatic carbocycles. The van der Waals surface area contributed by atoms with Gasteiger partial charge in [0, 0.05) is 18.7 Å². The number of aliphatic hydroxyl groups is 1. The molecule has 1 aromatic heterocycles. The molecule has 0 aliphatic rings. The molecule has 0 radical (unpaired) electrons. The summed E-state index contributed by atoms with van der Waals surface area (Å²) in [7, 11) is 0. The highest BCUT2D eigenvalue weighted by molar-refractivity contribution is 6.00. The van der Waals surface area contributed by atoms with Crippen LogP contribution in [0.1, 0.15) is 5.56 Å². The summed E-state index contributed by atoms with van der Waals surface area (Å²) < 4.78 is 4.62. The van der Waals surface area contributed by atoms with Crippen LogP contribution in [0.25, 0.3) is 11.0 Å². The zero-order valence-electron chi connectivity index (χ0n) is 13.9. The van der Waals surface area contributed by atoms with Gasteiger partial charge in [0.25, 0.3) is 5.69 Å². The molecule has 0 aliphatic carbocycles. The number of aromatic nitrogens is 2. The van der Waals surface area contributed by atoms with E-state index in [1.54, 1.807) is 0 Å². The molecule has 13 nitrogen and oxygen atoms in total. The lowest BCUT2D eigenvalue weighted by Crippen LogP contribution is -2.08. The van der Waals surface area contributed by atoms with E-state index in [0.717, 1.165) is 6.07 Å². The molecule has 0 unspecified atom stereocenters. The van der Waals surface area contributed by atoms with Crippen LogP contribution >= 0.6 is 0 Å². The summed E-state index contributed by atoms with van der Waals surface area (Å²) in [5.41, 5.74) is -0.289. The second-order valence-corrected chi connectivity index (χ2v) is 5.41. The van der Waals surface area contributed by atoms with Crippen molar-refractivity contribution in [3.63, 3.8) is 0 Å². The fourth-order valence-corrected chi connectivity index (χ4v) is 2.53. The van der Waals surface area contributed by atoms with Crippen molar-refractivity contribution in [3.8, 4) is 6.07 Å². The maximum Gasteiger partial charge on any atom is 0.323 e. The Morgan fingerprint density at radius 2 is 1.86 bits per heavy atom. The fraction of sp³-hybridized carbons (Fsp3) is 0.133. The van der Waals surface area contributed by atoms with Gasteiger partial charge in [0.2, 0.25) is 5.52 Å². The topological polar surface area (TPSA) is 193 Å². The zero-order valence-corrected chi connectivity index (χ0v) is 13.9. The van der Waals surface area contributed by atoms with Crippen molar-refractivity contribution in [2.75, 3.05) is 23.8 Å². The third-order valence-corrected chi connectivity index (χ3v) is 3.73. The quantitative estimate of drug-likeness (QED) is 0.398. The maximum atomic E-state index is 11.4. The number of nitro groups is 2. The van der Waals surface area contributed by atoms with Crippen molar-refractivity contribution in [2.45, 2.75) is 0 Å². The molecule has 0 atom stereocenters. The number of nitrogens with one attached hydrogen (secondary N) is 2. The monoisotopic (exact) mass is 385 g/mol. The predicted molar refractivity (Wildman–Crippen MR) is 95.1 cm³/mol. The molecule has 0 spiro atoms. The van der Waals surface area contributed by atoms with Crippen LogP contribution in [0.3, 0.4) is 0 Å². The van der Waals surface area contributed by atoms with Gasteiger partial charge in [-0.2, -0.15) is 5.26 Å². The maximum absolute atomic E-state index is 11.4. The predicted octanol–water partition coefficient (Wildman–Crippen LogP) is 2.06. The number of hydrogen-bond donors (Lipinski definition) is 3. The molecule has 142 valence electrons. The van der Waals surface area contributed by atoms with Crippen molar-refractivity contribution in [3.05, 3.63) is 50.1 Å². The molecule has 28 heavy (non-hydrogen) atoms. The van der Waals surface area contributed by atoms with Gasteiger partial charge in [-0.3, -0.25) is 20.2 Å². The van der Waals surface area contributed by atoms with E-state index in [-0.39, 0.29) is 58.2 Å². The Bertz CT molecular complexity index is 1120. The number of nitro benzene ring substituents is 2. The molecule has 3 aromatic rings. The van der Waals surface area contributed by atoms with Crippen LogP contribution in [-0.4, -0.2) is 38.4 Å². The van der Waals surface area contributed by atoms with E-state index in [0.29, 0.717) is 0 Å². The molecule has 0 saturated heterocycles. The summed E-state index contributed by atoms with van der Waals surface area (Å²) in [6, 6.07) is 6.83. The van der Waals surface area contributed by atoms with Gasteiger partial charge in [0.15, 0.2) is 5.52 Å². The summed E-state index contributed by atoms with van der Waals surface area (Å²) in [4.78, 5) is 21.0. The minimum absolute atomic E-state index is 0.0120. The molecule has 0 fully saturated rings. The van der Waals surface area contributed by atoms with E-state index in [9.17, 15) is 25.5 Å². The average molecular weight is 385 g/mol. The van der Waals surface area contributed by atoms with Crippen LogP contribution < -0.4 is 10.6 Å². The number of nitrogens with zero attached hydrogens (tertiary/aromatic N) is 5. The van der Waals surface area contributed by atoms with Crippen LogP contribution in [-0.2, 0) is 0 Å². The van der Waals surface area contributed by atoms with Crippen molar-refractivity contribution in [1.82, 2.24) is 10.3 Å². The number of hydrogen-bond acceptors (Lipinski definition) is 11. The minimum Gasteiger partial charge on any atom is -0.395 e. The van der Waals surface area contributed by atoms with Gasteiger partial charge in [0.1, 0.15) is 11.8 Å². The number of aliphatic hydroxyl groups excluding tert-OH is 1. The number of benzene rings is 2. The molecule has 0 saturated carbocycles. The molecule has 0 bridgehead atoms. The van der Waals surface area contributed by atoms with E-state index in [2.05, 4.69) is 25.6 Å². The first kappa shape index (κ1) is 18.5. The average Bonchev–Trinajstić information content (AvgIpc) is 3.15. The van der Waals surface area contributed by atoms with Gasteiger partial charge in [0.05, 0.1) is 33.4 Å². The van der Waals surface area contributed by atoms with E-state index in [4.69, 9.17) is 5.11 Å². The lowest BCUT2D eigenvalue weighted by atomic mass is 10.1. The van der Waals surface area contributed by atoms with Gasteiger partial charge in [-0.15, -0.1) is 0 Å². The lowest BCUT2D eigenvalue weighted by molar-refractivity contribution is -0.384. The van der Waals surface area contributed by atoms with E-state index in [1.165, 1.54) is 18.2 Å². The highest BCUT2D eigenvalue weighted by Gasteiger charge is 2.26.